The second kappa shape index (κ2) is 3.27. The van der Waals surface area contributed by atoms with Gasteiger partial charge in [-0.15, -0.1) is 0 Å². The highest BCUT2D eigenvalue weighted by atomic mass is 16.3. The number of hydrogen-bond donors (Lipinski definition) is 1. The van der Waals surface area contributed by atoms with Crippen molar-refractivity contribution in [2.75, 3.05) is 0 Å². The van der Waals surface area contributed by atoms with E-state index in [1.54, 1.807) is 19.2 Å². The first kappa shape index (κ1) is 7.15. The lowest BCUT2D eigenvalue weighted by molar-refractivity contribution is 0.194. The minimum Gasteiger partial charge on any atom is -0.393 e. The molecule has 54 valence electrons. The van der Waals surface area contributed by atoms with Crippen molar-refractivity contribution in [3.8, 4) is 0 Å². The predicted molar refractivity (Wildman–Crippen MR) is 37.4 cm³/mol. The highest BCUT2D eigenvalue weighted by Crippen LogP contribution is 1.95. The molecule has 0 aliphatic carbocycles. The van der Waals surface area contributed by atoms with E-state index in [0.29, 0.717) is 6.42 Å². The number of aromatic nitrogens is 2. The summed E-state index contributed by atoms with van der Waals surface area (Å²) >= 11 is 0. The zero-order valence-corrected chi connectivity index (χ0v) is 5.86. The zero-order valence-electron chi connectivity index (χ0n) is 5.86. The van der Waals surface area contributed by atoms with Gasteiger partial charge in [-0.3, -0.25) is 0 Å². The molecule has 0 spiro atoms. The van der Waals surface area contributed by atoms with Gasteiger partial charge in [-0.25, -0.2) is 9.97 Å². The van der Waals surface area contributed by atoms with Crippen LogP contribution in [0.3, 0.4) is 0 Å². The van der Waals surface area contributed by atoms with E-state index in [4.69, 9.17) is 5.11 Å². The fraction of sp³-hybridized carbons (Fsp3) is 0.429. The Hall–Kier alpha value is -0.960. The van der Waals surface area contributed by atoms with E-state index in [9.17, 15) is 0 Å². The van der Waals surface area contributed by atoms with E-state index in [0.717, 1.165) is 5.69 Å². The third-order valence-corrected chi connectivity index (χ3v) is 1.15. The average Bonchev–Trinajstić information content (AvgIpc) is 1.88. The van der Waals surface area contributed by atoms with E-state index < -0.39 is 0 Å². The summed E-state index contributed by atoms with van der Waals surface area (Å²) in [6, 6.07) is 1.80. The Morgan fingerprint density at radius 2 is 2.50 bits per heavy atom. The molecule has 1 atom stereocenters. The molecule has 1 N–H and O–H groups in total. The first-order chi connectivity index (χ1) is 4.79. The molecule has 0 aliphatic heterocycles. The van der Waals surface area contributed by atoms with Crippen LogP contribution in [-0.2, 0) is 6.42 Å². The van der Waals surface area contributed by atoms with Crippen molar-refractivity contribution in [3.05, 3.63) is 24.3 Å². The second-order valence-electron chi connectivity index (χ2n) is 2.25. The van der Waals surface area contributed by atoms with Crippen LogP contribution in [0.2, 0.25) is 0 Å². The molecule has 0 saturated carbocycles. The summed E-state index contributed by atoms with van der Waals surface area (Å²) in [5.74, 6) is 0. The van der Waals surface area contributed by atoms with Gasteiger partial charge in [0.1, 0.15) is 6.33 Å². The molecule has 1 rings (SSSR count). The third kappa shape index (κ3) is 2.11. The van der Waals surface area contributed by atoms with Crippen molar-refractivity contribution in [2.24, 2.45) is 0 Å². The van der Waals surface area contributed by atoms with E-state index in [1.807, 2.05) is 0 Å². The van der Waals surface area contributed by atoms with Crippen molar-refractivity contribution >= 4 is 0 Å². The van der Waals surface area contributed by atoms with E-state index >= 15 is 0 Å². The monoisotopic (exact) mass is 138 g/mol. The summed E-state index contributed by atoms with van der Waals surface area (Å²) in [6.07, 6.45) is 3.43. The number of rotatable bonds is 2. The number of nitrogens with zero attached hydrogens (tertiary/aromatic N) is 2. The van der Waals surface area contributed by atoms with Crippen molar-refractivity contribution in [2.45, 2.75) is 19.4 Å². The topological polar surface area (TPSA) is 46.0 Å². The highest BCUT2D eigenvalue weighted by Gasteiger charge is 1.97. The molecule has 0 aromatic carbocycles. The largest absolute Gasteiger partial charge is 0.393 e. The number of aliphatic hydroxyl groups excluding tert-OH is 1. The molecule has 0 bridgehead atoms. The van der Waals surface area contributed by atoms with Crippen LogP contribution in [0.25, 0.3) is 0 Å². The first-order valence-corrected chi connectivity index (χ1v) is 3.22. The smallest absolute Gasteiger partial charge is 0.115 e. The first-order valence-electron chi connectivity index (χ1n) is 3.22. The maximum absolute atomic E-state index is 8.95. The molecule has 0 radical (unpaired) electrons. The molecule has 10 heavy (non-hydrogen) atoms. The van der Waals surface area contributed by atoms with Crippen molar-refractivity contribution in [1.29, 1.82) is 0 Å². The van der Waals surface area contributed by atoms with Crippen LogP contribution in [0.5, 0.6) is 0 Å². The van der Waals surface area contributed by atoms with Crippen LogP contribution >= 0.6 is 0 Å². The van der Waals surface area contributed by atoms with Gasteiger partial charge in [0.25, 0.3) is 0 Å². The fourth-order valence-corrected chi connectivity index (χ4v) is 0.741. The van der Waals surface area contributed by atoms with E-state index in [1.165, 1.54) is 6.33 Å². The van der Waals surface area contributed by atoms with Crippen molar-refractivity contribution < 1.29 is 5.11 Å². The summed E-state index contributed by atoms with van der Waals surface area (Å²) in [5.41, 5.74) is 0.880. The summed E-state index contributed by atoms with van der Waals surface area (Å²) in [4.78, 5) is 7.71. The van der Waals surface area contributed by atoms with Gasteiger partial charge in [0.15, 0.2) is 0 Å². The van der Waals surface area contributed by atoms with Crippen LogP contribution in [-0.4, -0.2) is 21.2 Å². The van der Waals surface area contributed by atoms with Gasteiger partial charge in [0.2, 0.25) is 0 Å². The Balaban J connectivity index is 2.59. The Kier molecular flexibility index (Phi) is 2.34. The third-order valence-electron chi connectivity index (χ3n) is 1.15. The molecule has 1 aromatic rings. The Labute approximate surface area is 59.8 Å². The molecule has 1 heterocycles. The lowest BCUT2D eigenvalue weighted by Crippen LogP contribution is -2.05. The quantitative estimate of drug-likeness (QED) is 0.643. The second-order valence-corrected chi connectivity index (χ2v) is 2.25. The standard InChI is InChI=1S/C7H10N2O/c1-6(10)4-7-2-3-8-5-9-7/h2-3,5-6,10H,4H2,1H3/t6-/m0/s1. The van der Waals surface area contributed by atoms with Crippen LogP contribution in [0.4, 0.5) is 0 Å². The molecule has 3 nitrogen and oxygen atoms in total. The molecule has 0 saturated heterocycles. The number of aliphatic hydroxyl groups is 1. The lowest BCUT2D eigenvalue weighted by atomic mass is 10.2. The summed E-state index contributed by atoms with van der Waals surface area (Å²) in [5, 5.41) is 8.95. The summed E-state index contributed by atoms with van der Waals surface area (Å²) in [7, 11) is 0. The minimum atomic E-state index is -0.324. The van der Waals surface area contributed by atoms with Gasteiger partial charge in [-0.05, 0) is 13.0 Å². The maximum Gasteiger partial charge on any atom is 0.115 e. The van der Waals surface area contributed by atoms with Gasteiger partial charge in [-0.2, -0.15) is 0 Å². The zero-order chi connectivity index (χ0) is 7.40. The van der Waals surface area contributed by atoms with Gasteiger partial charge in [-0.1, -0.05) is 0 Å². The van der Waals surface area contributed by atoms with E-state index in [2.05, 4.69) is 9.97 Å². The van der Waals surface area contributed by atoms with Gasteiger partial charge in [0, 0.05) is 18.3 Å². The van der Waals surface area contributed by atoms with Crippen LogP contribution < -0.4 is 0 Å². The molecular weight excluding hydrogens is 128 g/mol. The molecule has 0 fully saturated rings. The normalized spacial score (nSPS) is 13.0. The maximum atomic E-state index is 8.95. The van der Waals surface area contributed by atoms with Gasteiger partial charge in [0.05, 0.1) is 6.10 Å². The molecular formula is C7H10N2O. The Morgan fingerprint density at radius 3 is 3.00 bits per heavy atom. The molecule has 0 amide bonds. The van der Waals surface area contributed by atoms with Crippen LogP contribution in [0.1, 0.15) is 12.6 Å². The summed E-state index contributed by atoms with van der Waals surface area (Å²) < 4.78 is 0. The average molecular weight is 138 g/mol. The van der Waals surface area contributed by atoms with Crippen LogP contribution in [0.15, 0.2) is 18.6 Å². The predicted octanol–water partition coefficient (Wildman–Crippen LogP) is 0.400. The van der Waals surface area contributed by atoms with Gasteiger partial charge >= 0.3 is 0 Å². The Morgan fingerprint density at radius 1 is 1.70 bits per heavy atom. The minimum absolute atomic E-state index is 0.324. The lowest BCUT2D eigenvalue weighted by Gasteiger charge is -2.00. The SMILES string of the molecule is C[C@H](O)Cc1ccncn1. The molecule has 3 heteroatoms. The van der Waals surface area contributed by atoms with Gasteiger partial charge < -0.3 is 5.11 Å². The van der Waals surface area contributed by atoms with E-state index in [-0.39, 0.29) is 6.10 Å². The fourth-order valence-electron chi connectivity index (χ4n) is 0.741. The molecule has 0 aliphatic rings. The van der Waals surface area contributed by atoms with Crippen molar-refractivity contribution in [1.82, 2.24) is 9.97 Å². The molecule has 1 aromatic heterocycles. The number of hydrogen-bond acceptors (Lipinski definition) is 3. The molecule has 0 unspecified atom stereocenters. The highest BCUT2D eigenvalue weighted by molar-refractivity contribution is 4.98. The summed E-state index contributed by atoms with van der Waals surface area (Å²) in [6.45, 7) is 1.74. The van der Waals surface area contributed by atoms with Crippen LogP contribution in [0, 0.1) is 0 Å². The Bertz CT molecular complexity index is 186. The van der Waals surface area contributed by atoms with Crippen molar-refractivity contribution in [3.63, 3.8) is 0 Å².